The van der Waals surface area contributed by atoms with Gasteiger partial charge in [-0.05, 0) is 17.0 Å². The third kappa shape index (κ3) is 2.31. The maximum Gasteiger partial charge on any atom is 0.321 e. The summed E-state index contributed by atoms with van der Waals surface area (Å²) in [6.07, 6.45) is 2.49. The number of fused-ring (bicyclic) bond motifs is 1. The van der Waals surface area contributed by atoms with E-state index in [4.69, 9.17) is 0 Å². The number of para-hydroxylation sites is 1. The van der Waals surface area contributed by atoms with Crippen molar-refractivity contribution in [3.05, 3.63) is 36.0 Å². The van der Waals surface area contributed by atoms with Gasteiger partial charge in [0.15, 0.2) is 0 Å². The van der Waals surface area contributed by atoms with E-state index in [-0.39, 0.29) is 5.41 Å². The number of nitrogens with zero attached hydrogens (tertiary/aromatic N) is 1. The van der Waals surface area contributed by atoms with Crippen LogP contribution in [0.3, 0.4) is 0 Å². The van der Waals surface area contributed by atoms with Crippen molar-refractivity contribution in [2.45, 2.75) is 26.3 Å². The van der Waals surface area contributed by atoms with Gasteiger partial charge in [0.2, 0.25) is 0 Å². The van der Waals surface area contributed by atoms with Gasteiger partial charge in [0.1, 0.15) is 6.04 Å². The first-order chi connectivity index (χ1) is 9.46. The SMILES string of the molecule is CC1(C)CN(C(Cc2c[nH]c3ccccc23)C(=O)O)C1. The fraction of sp³-hybridized carbons (Fsp3) is 0.438. The number of hydrogen-bond acceptors (Lipinski definition) is 2. The number of aromatic amines is 1. The quantitative estimate of drug-likeness (QED) is 0.899. The Hall–Kier alpha value is -1.81. The van der Waals surface area contributed by atoms with Crippen molar-refractivity contribution >= 4 is 16.9 Å². The third-order valence-corrected chi connectivity index (χ3v) is 4.08. The van der Waals surface area contributed by atoms with Gasteiger partial charge in [-0.3, -0.25) is 9.69 Å². The van der Waals surface area contributed by atoms with Crippen molar-refractivity contribution < 1.29 is 9.90 Å². The summed E-state index contributed by atoms with van der Waals surface area (Å²) in [6, 6.07) is 7.60. The molecule has 2 heterocycles. The molecule has 1 saturated heterocycles. The van der Waals surface area contributed by atoms with Crippen LogP contribution in [0.2, 0.25) is 0 Å². The predicted octanol–water partition coefficient (Wildman–Crippen LogP) is 2.51. The molecule has 2 N–H and O–H groups in total. The maximum absolute atomic E-state index is 11.6. The number of hydrogen-bond donors (Lipinski definition) is 2. The molecule has 106 valence electrons. The molecule has 0 amide bonds. The number of carbonyl (C=O) groups is 1. The smallest absolute Gasteiger partial charge is 0.321 e. The number of carboxylic acid groups (broad SMARTS) is 1. The van der Waals surface area contributed by atoms with E-state index in [1.807, 2.05) is 30.5 Å². The minimum atomic E-state index is -0.731. The molecule has 0 saturated carbocycles. The number of carboxylic acids is 1. The largest absolute Gasteiger partial charge is 0.480 e. The lowest BCUT2D eigenvalue weighted by molar-refractivity contribution is -0.148. The molecule has 4 heteroatoms. The van der Waals surface area contributed by atoms with Gasteiger partial charge in [-0.1, -0.05) is 32.0 Å². The van der Waals surface area contributed by atoms with Crippen LogP contribution in [0.1, 0.15) is 19.4 Å². The summed E-state index contributed by atoms with van der Waals surface area (Å²) in [5.41, 5.74) is 2.39. The number of aliphatic carboxylic acids is 1. The van der Waals surface area contributed by atoms with E-state index in [9.17, 15) is 9.90 Å². The van der Waals surface area contributed by atoms with Crippen LogP contribution in [0, 0.1) is 5.41 Å². The van der Waals surface area contributed by atoms with E-state index >= 15 is 0 Å². The molecule has 0 spiro atoms. The summed E-state index contributed by atoms with van der Waals surface area (Å²) in [7, 11) is 0. The van der Waals surface area contributed by atoms with Crippen molar-refractivity contribution in [3.63, 3.8) is 0 Å². The number of aromatic nitrogens is 1. The number of H-pyrrole nitrogens is 1. The summed E-state index contributed by atoms with van der Waals surface area (Å²) in [4.78, 5) is 16.8. The van der Waals surface area contributed by atoms with Crippen molar-refractivity contribution in [3.8, 4) is 0 Å². The van der Waals surface area contributed by atoms with E-state index in [0.717, 1.165) is 29.6 Å². The van der Waals surface area contributed by atoms with Gasteiger partial charge < -0.3 is 10.1 Å². The molecule has 1 aliphatic heterocycles. The van der Waals surface area contributed by atoms with Crippen molar-refractivity contribution in [1.29, 1.82) is 0 Å². The van der Waals surface area contributed by atoms with Gasteiger partial charge in [0.25, 0.3) is 0 Å². The topological polar surface area (TPSA) is 56.3 Å². The van der Waals surface area contributed by atoms with Gasteiger partial charge >= 0.3 is 5.97 Å². The molecule has 1 unspecified atom stereocenters. The molecule has 1 aromatic heterocycles. The Morgan fingerprint density at radius 1 is 1.40 bits per heavy atom. The molecule has 20 heavy (non-hydrogen) atoms. The van der Waals surface area contributed by atoms with Gasteiger partial charge in [0, 0.05) is 36.6 Å². The maximum atomic E-state index is 11.6. The molecule has 0 bridgehead atoms. The van der Waals surface area contributed by atoms with Crippen LogP contribution < -0.4 is 0 Å². The van der Waals surface area contributed by atoms with Crippen LogP contribution in [0.15, 0.2) is 30.5 Å². The summed E-state index contributed by atoms with van der Waals surface area (Å²) in [5.74, 6) is -0.731. The van der Waals surface area contributed by atoms with Crippen molar-refractivity contribution in [2.24, 2.45) is 5.41 Å². The average molecular weight is 272 g/mol. The number of nitrogens with one attached hydrogen (secondary N) is 1. The highest BCUT2D eigenvalue weighted by Crippen LogP contribution is 2.32. The summed E-state index contributed by atoms with van der Waals surface area (Å²) in [5, 5.41) is 10.6. The summed E-state index contributed by atoms with van der Waals surface area (Å²) >= 11 is 0. The molecule has 1 atom stereocenters. The molecular weight excluding hydrogens is 252 g/mol. The molecule has 1 aromatic carbocycles. The Bertz CT molecular complexity index is 637. The minimum Gasteiger partial charge on any atom is -0.480 e. The lowest BCUT2D eigenvalue weighted by Crippen LogP contribution is -2.59. The van der Waals surface area contributed by atoms with Crippen LogP contribution in [0.5, 0.6) is 0 Å². The van der Waals surface area contributed by atoms with Gasteiger partial charge in [-0.25, -0.2) is 0 Å². The zero-order chi connectivity index (χ0) is 14.3. The van der Waals surface area contributed by atoms with Crippen LogP contribution in [-0.4, -0.2) is 40.1 Å². The lowest BCUT2D eigenvalue weighted by Gasteiger charge is -2.48. The monoisotopic (exact) mass is 272 g/mol. The highest BCUT2D eigenvalue weighted by molar-refractivity contribution is 5.84. The second-order valence-corrected chi connectivity index (χ2v) is 6.49. The van der Waals surface area contributed by atoms with Gasteiger partial charge in [-0.2, -0.15) is 0 Å². The Labute approximate surface area is 118 Å². The van der Waals surface area contributed by atoms with Gasteiger partial charge in [-0.15, -0.1) is 0 Å². The summed E-state index contributed by atoms with van der Waals surface area (Å²) in [6.45, 7) is 6.06. The van der Waals surface area contributed by atoms with Crippen LogP contribution >= 0.6 is 0 Å². The molecule has 4 nitrogen and oxygen atoms in total. The zero-order valence-electron chi connectivity index (χ0n) is 11.9. The molecule has 2 aromatic rings. The first-order valence-electron chi connectivity index (χ1n) is 6.98. The molecule has 0 aliphatic carbocycles. The van der Waals surface area contributed by atoms with Crippen LogP contribution in [0.4, 0.5) is 0 Å². The second-order valence-electron chi connectivity index (χ2n) is 6.49. The van der Waals surface area contributed by atoms with Crippen LogP contribution in [-0.2, 0) is 11.2 Å². The lowest BCUT2D eigenvalue weighted by atomic mass is 9.82. The first-order valence-corrected chi connectivity index (χ1v) is 6.98. The molecule has 0 radical (unpaired) electrons. The second kappa shape index (κ2) is 4.63. The Morgan fingerprint density at radius 3 is 2.75 bits per heavy atom. The van der Waals surface area contributed by atoms with E-state index in [2.05, 4.69) is 23.7 Å². The van der Waals surface area contributed by atoms with E-state index in [1.165, 1.54) is 0 Å². The van der Waals surface area contributed by atoms with E-state index in [0.29, 0.717) is 6.42 Å². The Kier molecular flexibility index (Phi) is 3.05. The standard InChI is InChI=1S/C16H20N2O2/c1-16(2)9-18(10-16)14(15(19)20)7-11-8-17-13-6-4-3-5-12(11)13/h3-6,8,14,17H,7,9-10H2,1-2H3,(H,19,20). The predicted molar refractivity (Wildman–Crippen MR) is 78.8 cm³/mol. The zero-order valence-corrected chi connectivity index (χ0v) is 11.9. The van der Waals surface area contributed by atoms with E-state index < -0.39 is 12.0 Å². The third-order valence-electron chi connectivity index (χ3n) is 4.08. The Balaban J connectivity index is 1.82. The normalized spacial score (nSPS) is 19.7. The molecule has 1 aliphatic rings. The van der Waals surface area contributed by atoms with E-state index in [1.54, 1.807) is 0 Å². The van der Waals surface area contributed by atoms with Crippen LogP contribution in [0.25, 0.3) is 10.9 Å². The van der Waals surface area contributed by atoms with Crippen molar-refractivity contribution in [2.75, 3.05) is 13.1 Å². The molecular formula is C16H20N2O2. The Morgan fingerprint density at radius 2 is 2.10 bits per heavy atom. The minimum absolute atomic E-state index is 0.244. The van der Waals surface area contributed by atoms with Gasteiger partial charge in [0.05, 0.1) is 0 Å². The number of rotatable bonds is 4. The first kappa shape index (κ1) is 13.2. The molecule has 1 fully saturated rings. The van der Waals surface area contributed by atoms with Crippen molar-refractivity contribution in [1.82, 2.24) is 9.88 Å². The summed E-state index contributed by atoms with van der Waals surface area (Å²) < 4.78 is 0. The fourth-order valence-corrected chi connectivity index (χ4v) is 3.16. The molecule has 3 rings (SSSR count). The fourth-order valence-electron chi connectivity index (χ4n) is 3.16. The number of likely N-dealkylation sites (tertiary alicyclic amines) is 1. The average Bonchev–Trinajstić information content (AvgIpc) is 2.76. The number of benzene rings is 1. The highest BCUT2D eigenvalue weighted by atomic mass is 16.4. The highest BCUT2D eigenvalue weighted by Gasteiger charge is 2.41.